The molecule has 1 heterocycles. The van der Waals surface area contributed by atoms with Crippen molar-refractivity contribution in [2.75, 3.05) is 26.2 Å². The van der Waals surface area contributed by atoms with Crippen LogP contribution in [-0.4, -0.2) is 49.0 Å². The third-order valence-corrected chi connectivity index (χ3v) is 6.03. The molecule has 1 saturated heterocycles. The molecule has 160 valence electrons. The van der Waals surface area contributed by atoms with Crippen LogP contribution in [0.1, 0.15) is 57.4 Å². The van der Waals surface area contributed by atoms with Gasteiger partial charge in [-0.1, -0.05) is 37.8 Å². The molecule has 0 aromatic heterocycles. The van der Waals surface area contributed by atoms with Crippen LogP contribution in [0.25, 0.3) is 0 Å². The Morgan fingerprint density at radius 2 is 2.00 bits per heavy atom. The topological polar surface area (TPSA) is 70.7 Å². The van der Waals surface area contributed by atoms with Gasteiger partial charge in [-0.2, -0.15) is 0 Å². The molecule has 2 aliphatic rings. The molecule has 2 fully saturated rings. The highest BCUT2D eigenvalue weighted by Gasteiger charge is 2.31. The third kappa shape index (κ3) is 6.74. The molecule has 0 radical (unpaired) electrons. The second-order valence-electron chi connectivity index (χ2n) is 8.20. The monoisotopic (exact) mass is 401 g/mol. The van der Waals surface area contributed by atoms with Crippen molar-refractivity contribution in [3.8, 4) is 5.75 Å². The quantitative estimate of drug-likeness (QED) is 0.592. The minimum atomic E-state index is -0.412. The minimum Gasteiger partial charge on any atom is -0.494 e. The molecule has 2 amide bonds. The molecular formula is C23H35N3O3. The van der Waals surface area contributed by atoms with Crippen LogP contribution in [0.5, 0.6) is 5.75 Å². The van der Waals surface area contributed by atoms with E-state index >= 15 is 0 Å². The second-order valence-corrected chi connectivity index (χ2v) is 8.20. The standard InChI is InChI=1S/C23H35N3O3/c1-2-29-20-11-9-19(10-12-20)17-26-15-14-25-23(28)21(26)16-22(27)24-13-5-8-18-6-3-4-7-18/h9-12,18,21H,2-8,13-17H2,1H3,(H,24,27)(H,25,28)/t21-/m0/s1. The zero-order chi connectivity index (χ0) is 20.5. The van der Waals surface area contributed by atoms with E-state index in [0.29, 0.717) is 26.2 Å². The smallest absolute Gasteiger partial charge is 0.237 e. The third-order valence-electron chi connectivity index (χ3n) is 6.03. The van der Waals surface area contributed by atoms with Gasteiger partial charge in [-0.25, -0.2) is 0 Å². The van der Waals surface area contributed by atoms with Crippen molar-refractivity contribution in [1.82, 2.24) is 15.5 Å². The van der Waals surface area contributed by atoms with Gasteiger partial charge in [0.2, 0.25) is 11.8 Å². The molecule has 1 aromatic carbocycles. The Bertz CT molecular complexity index is 656. The van der Waals surface area contributed by atoms with E-state index in [-0.39, 0.29) is 18.2 Å². The van der Waals surface area contributed by atoms with Crippen molar-refractivity contribution < 1.29 is 14.3 Å². The zero-order valence-corrected chi connectivity index (χ0v) is 17.6. The number of amides is 2. The van der Waals surface area contributed by atoms with E-state index in [1.54, 1.807) is 0 Å². The van der Waals surface area contributed by atoms with Crippen LogP contribution in [0.4, 0.5) is 0 Å². The van der Waals surface area contributed by atoms with E-state index in [4.69, 9.17) is 4.74 Å². The number of rotatable bonds is 10. The summed E-state index contributed by atoms with van der Waals surface area (Å²) in [6, 6.07) is 7.55. The second kappa shape index (κ2) is 11.2. The van der Waals surface area contributed by atoms with Crippen molar-refractivity contribution in [2.24, 2.45) is 5.92 Å². The first-order chi connectivity index (χ1) is 14.2. The minimum absolute atomic E-state index is 0.0323. The molecule has 1 aliphatic heterocycles. The van der Waals surface area contributed by atoms with Crippen LogP contribution in [0.2, 0.25) is 0 Å². The summed E-state index contributed by atoms with van der Waals surface area (Å²) in [4.78, 5) is 27.0. The Morgan fingerprint density at radius 3 is 2.72 bits per heavy atom. The van der Waals surface area contributed by atoms with Crippen molar-refractivity contribution >= 4 is 11.8 Å². The zero-order valence-electron chi connectivity index (χ0n) is 17.6. The average Bonchev–Trinajstić information content (AvgIpc) is 3.23. The maximum atomic E-state index is 12.4. The molecule has 0 bridgehead atoms. The molecule has 29 heavy (non-hydrogen) atoms. The van der Waals surface area contributed by atoms with Gasteiger partial charge in [0, 0.05) is 26.2 Å². The predicted molar refractivity (Wildman–Crippen MR) is 114 cm³/mol. The summed E-state index contributed by atoms with van der Waals surface area (Å²) in [5, 5.41) is 5.92. The lowest BCUT2D eigenvalue weighted by atomic mass is 10.0. The van der Waals surface area contributed by atoms with Crippen molar-refractivity contribution in [3.63, 3.8) is 0 Å². The summed E-state index contributed by atoms with van der Waals surface area (Å²) >= 11 is 0. The molecule has 1 aliphatic carbocycles. The lowest BCUT2D eigenvalue weighted by Crippen LogP contribution is -2.56. The van der Waals surface area contributed by atoms with E-state index < -0.39 is 6.04 Å². The van der Waals surface area contributed by atoms with Crippen LogP contribution in [0.3, 0.4) is 0 Å². The Morgan fingerprint density at radius 1 is 1.24 bits per heavy atom. The number of hydrogen-bond acceptors (Lipinski definition) is 4. The van der Waals surface area contributed by atoms with Gasteiger partial charge in [-0.3, -0.25) is 14.5 Å². The van der Waals surface area contributed by atoms with Gasteiger partial charge >= 0.3 is 0 Å². The summed E-state index contributed by atoms with van der Waals surface area (Å²) in [5.74, 6) is 1.61. The Labute approximate surface area is 174 Å². The van der Waals surface area contributed by atoms with E-state index in [1.807, 2.05) is 31.2 Å². The molecule has 0 unspecified atom stereocenters. The van der Waals surface area contributed by atoms with Crippen molar-refractivity contribution in [3.05, 3.63) is 29.8 Å². The van der Waals surface area contributed by atoms with Gasteiger partial charge in [-0.15, -0.1) is 0 Å². The van der Waals surface area contributed by atoms with Gasteiger partial charge in [-0.05, 0) is 43.4 Å². The van der Waals surface area contributed by atoms with Gasteiger partial charge in [0.15, 0.2) is 0 Å². The molecule has 0 spiro atoms. The first-order valence-corrected chi connectivity index (χ1v) is 11.2. The highest BCUT2D eigenvalue weighted by molar-refractivity contribution is 5.88. The molecule has 1 atom stereocenters. The number of hydrogen-bond donors (Lipinski definition) is 2. The summed E-state index contributed by atoms with van der Waals surface area (Å²) in [6.45, 7) is 5.34. The van der Waals surface area contributed by atoms with Gasteiger partial charge in [0.1, 0.15) is 5.75 Å². The van der Waals surface area contributed by atoms with Gasteiger partial charge in [0.05, 0.1) is 19.1 Å². The molecule has 2 N–H and O–H groups in total. The summed E-state index contributed by atoms with van der Waals surface area (Å²) in [6.07, 6.45) is 7.85. The lowest BCUT2D eigenvalue weighted by Gasteiger charge is -2.34. The maximum absolute atomic E-state index is 12.4. The predicted octanol–water partition coefficient (Wildman–Crippen LogP) is 2.86. The first kappa shape index (κ1) is 21.6. The van der Waals surface area contributed by atoms with Crippen LogP contribution in [-0.2, 0) is 16.1 Å². The Balaban J connectivity index is 1.46. The number of benzene rings is 1. The van der Waals surface area contributed by atoms with Gasteiger partial charge in [0.25, 0.3) is 0 Å². The van der Waals surface area contributed by atoms with Crippen LogP contribution in [0, 0.1) is 5.92 Å². The Hall–Kier alpha value is -2.08. The average molecular weight is 402 g/mol. The van der Waals surface area contributed by atoms with E-state index in [9.17, 15) is 9.59 Å². The summed E-state index contributed by atoms with van der Waals surface area (Å²) in [7, 11) is 0. The largest absolute Gasteiger partial charge is 0.494 e. The summed E-state index contributed by atoms with van der Waals surface area (Å²) in [5.41, 5.74) is 1.12. The first-order valence-electron chi connectivity index (χ1n) is 11.2. The van der Waals surface area contributed by atoms with Crippen molar-refractivity contribution in [2.45, 2.75) is 64.5 Å². The molecule has 3 rings (SSSR count). The number of ether oxygens (including phenoxy) is 1. The van der Waals surface area contributed by atoms with E-state index in [0.717, 1.165) is 30.2 Å². The number of carbonyl (C=O) groups is 2. The maximum Gasteiger partial charge on any atom is 0.237 e. The van der Waals surface area contributed by atoms with Crippen LogP contribution < -0.4 is 15.4 Å². The fourth-order valence-corrected chi connectivity index (χ4v) is 4.43. The van der Waals surface area contributed by atoms with Gasteiger partial charge < -0.3 is 15.4 Å². The lowest BCUT2D eigenvalue weighted by molar-refractivity contribution is -0.134. The van der Waals surface area contributed by atoms with Crippen LogP contribution in [0.15, 0.2) is 24.3 Å². The highest BCUT2D eigenvalue weighted by Crippen LogP contribution is 2.28. The van der Waals surface area contributed by atoms with E-state index in [1.165, 1.54) is 32.1 Å². The number of piperazine rings is 1. The molecule has 1 saturated carbocycles. The fraction of sp³-hybridized carbons (Fsp3) is 0.652. The molecule has 6 nitrogen and oxygen atoms in total. The number of carbonyl (C=O) groups excluding carboxylic acids is 2. The van der Waals surface area contributed by atoms with Crippen molar-refractivity contribution in [1.29, 1.82) is 0 Å². The number of nitrogens with zero attached hydrogens (tertiary/aromatic N) is 1. The number of nitrogens with one attached hydrogen (secondary N) is 2. The molecule has 6 heteroatoms. The molecule has 1 aromatic rings. The van der Waals surface area contributed by atoms with E-state index in [2.05, 4.69) is 15.5 Å². The highest BCUT2D eigenvalue weighted by atomic mass is 16.5. The van der Waals surface area contributed by atoms with Crippen LogP contribution >= 0.6 is 0 Å². The summed E-state index contributed by atoms with van der Waals surface area (Å²) < 4.78 is 5.49. The fourth-order valence-electron chi connectivity index (χ4n) is 4.43. The Kier molecular flexibility index (Phi) is 8.35. The normalized spacial score (nSPS) is 20.4. The molecular weight excluding hydrogens is 366 g/mol. The SMILES string of the molecule is CCOc1ccc(CN2CCNC(=O)[C@@H]2CC(=O)NCCCC2CCCC2)cc1.